The van der Waals surface area contributed by atoms with Gasteiger partial charge in [-0.25, -0.2) is 4.98 Å². The molecule has 0 aliphatic carbocycles. The maximum atomic E-state index is 6.28. The van der Waals surface area contributed by atoms with E-state index in [1.807, 2.05) is 12.4 Å². The van der Waals surface area contributed by atoms with Gasteiger partial charge in [-0.05, 0) is 19.8 Å². The van der Waals surface area contributed by atoms with Crippen molar-refractivity contribution in [1.82, 2.24) is 10.3 Å². The second-order valence-electron chi connectivity index (χ2n) is 4.44. The molecule has 1 aliphatic rings. The molecule has 2 rings (SSSR count). The van der Waals surface area contributed by atoms with E-state index in [4.69, 9.17) is 10.5 Å². The van der Waals surface area contributed by atoms with Gasteiger partial charge in [0, 0.05) is 36.7 Å². The maximum absolute atomic E-state index is 6.28. The van der Waals surface area contributed by atoms with Gasteiger partial charge in [-0.1, -0.05) is 0 Å². The molecule has 0 amide bonds. The molecule has 0 bridgehead atoms. The summed E-state index contributed by atoms with van der Waals surface area (Å²) in [5, 5.41) is 3.43. The monoisotopic (exact) mass is 241 g/mol. The van der Waals surface area contributed by atoms with Crippen molar-refractivity contribution in [2.24, 2.45) is 5.73 Å². The first-order chi connectivity index (χ1) is 7.70. The summed E-state index contributed by atoms with van der Waals surface area (Å²) in [7, 11) is 0. The van der Waals surface area contributed by atoms with Crippen LogP contribution < -0.4 is 11.1 Å². The summed E-state index contributed by atoms with van der Waals surface area (Å²) in [6.45, 7) is 5.35. The van der Waals surface area contributed by atoms with E-state index in [0.717, 1.165) is 44.8 Å². The third-order valence-corrected chi connectivity index (χ3v) is 4.03. The summed E-state index contributed by atoms with van der Waals surface area (Å²) in [4.78, 5) is 5.53. The van der Waals surface area contributed by atoms with Crippen LogP contribution in [-0.2, 0) is 11.3 Å². The highest BCUT2D eigenvalue weighted by atomic mass is 32.1. The molecule has 2 heterocycles. The molecule has 90 valence electrons. The fourth-order valence-corrected chi connectivity index (χ4v) is 2.62. The molecule has 0 atom stereocenters. The van der Waals surface area contributed by atoms with Crippen molar-refractivity contribution < 1.29 is 4.74 Å². The summed E-state index contributed by atoms with van der Waals surface area (Å²) >= 11 is 1.70. The first-order valence-corrected chi connectivity index (χ1v) is 6.54. The van der Waals surface area contributed by atoms with Crippen LogP contribution in [0.2, 0.25) is 0 Å². The summed E-state index contributed by atoms with van der Waals surface area (Å²) in [6, 6.07) is 0. The van der Waals surface area contributed by atoms with Crippen molar-refractivity contribution in [3.8, 4) is 0 Å². The zero-order valence-corrected chi connectivity index (χ0v) is 10.5. The molecule has 0 aromatic carbocycles. The van der Waals surface area contributed by atoms with Crippen LogP contribution in [0.1, 0.15) is 23.4 Å². The van der Waals surface area contributed by atoms with E-state index in [0.29, 0.717) is 0 Å². The first-order valence-electron chi connectivity index (χ1n) is 5.66. The van der Waals surface area contributed by atoms with E-state index >= 15 is 0 Å². The normalized spacial score (nSPS) is 19.9. The lowest BCUT2D eigenvalue weighted by Gasteiger charge is -2.33. The largest absolute Gasteiger partial charge is 0.381 e. The van der Waals surface area contributed by atoms with Crippen LogP contribution in [0.4, 0.5) is 0 Å². The number of rotatable bonds is 4. The van der Waals surface area contributed by atoms with Crippen molar-refractivity contribution in [3.05, 3.63) is 16.1 Å². The second kappa shape index (κ2) is 5.23. The van der Waals surface area contributed by atoms with Crippen LogP contribution >= 0.6 is 11.3 Å². The Kier molecular flexibility index (Phi) is 3.91. The van der Waals surface area contributed by atoms with Crippen molar-refractivity contribution in [1.29, 1.82) is 0 Å². The van der Waals surface area contributed by atoms with Gasteiger partial charge in [0.2, 0.25) is 0 Å². The molecular weight excluding hydrogens is 222 g/mol. The highest BCUT2D eigenvalue weighted by Crippen LogP contribution is 2.17. The summed E-state index contributed by atoms with van der Waals surface area (Å²) in [6.07, 6.45) is 1.89. The smallest absolute Gasteiger partial charge is 0.0798 e. The predicted octanol–water partition coefficient (Wildman–Crippen LogP) is 1.05. The van der Waals surface area contributed by atoms with Crippen LogP contribution in [0.15, 0.2) is 5.51 Å². The lowest BCUT2D eigenvalue weighted by Crippen LogP contribution is -2.52. The third-order valence-electron chi connectivity index (χ3n) is 3.10. The Hall–Kier alpha value is -0.490. The van der Waals surface area contributed by atoms with Gasteiger partial charge in [0.15, 0.2) is 0 Å². The van der Waals surface area contributed by atoms with Crippen molar-refractivity contribution in [2.45, 2.75) is 31.8 Å². The summed E-state index contributed by atoms with van der Waals surface area (Å²) < 4.78 is 5.32. The topological polar surface area (TPSA) is 60.2 Å². The van der Waals surface area contributed by atoms with Gasteiger partial charge < -0.3 is 15.8 Å². The number of hydrogen-bond donors (Lipinski definition) is 2. The number of nitrogens with one attached hydrogen (secondary N) is 1. The summed E-state index contributed by atoms with van der Waals surface area (Å²) in [5.41, 5.74) is 9.20. The van der Waals surface area contributed by atoms with E-state index in [-0.39, 0.29) is 5.54 Å². The zero-order chi connectivity index (χ0) is 11.4. The van der Waals surface area contributed by atoms with Crippen molar-refractivity contribution >= 4 is 11.3 Å². The van der Waals surface area contributed by atoms with E-state index in [2.05, 4.69) is 10.3 Å². The fraction of sp³-hybridized carbons (Fsp3) is 0.727. The number of nitrogens with two attached hydrogens (primary N) is 1. The Morgan fingerprint density at radius 1 is 1.56 bits per heavy atom. The molecule has 0 spiro atoms. The lowest BCUT2D eigenvalue weighted by atomic mass is 9.91. The highest BCUT2D eigenvalue weighted by molar-refractivity contribution is 7.09. The first kappa shape index (κ1) is 12.0. The molecule has 1 aromatic rings. The van der Waals surface area contributed by atoms with E-state index in [9.17, 15) is 0 Å². The molecule has 0 radical (unpaired) electrons. The van der Waals surface area contributed by atoms with Gasteiger partial charge in [-0.15, -0.1) is 11.3 Å². The predicted molar refractivity (Wildman–Crippen MR) is 65.5 cm³/mol. The molecule has 0 unspecified atom stereocenters. The van der Waals surface area contributed by atoms with Gasteiger partial charge in [-0.2, -0.15) is 0 Å². The second-order valence-corrected chi connectivity index (χ2v) is 5.38. The minimum Gasteiger partial charge on any atom is -0.381 e. The van der Waals surface area contributed by atoms with Crippen LogP contribution in [0, 0.1) is 6.92 Å². The Balaban J connectivity index is 1.77. The quantitative estimate of drug-likeness (QED) is 0.827. The minimum absolute atomic E-state index is 0.0865. The molecule has 1 saturated heterocycles. The van der Waals surface area contributed by atoms with Gasteiger partial charge in [0.25, 0.3) is 0 Å². The number of aryl methyl sites for hydroxylation is 1. The highest BCUT2D eigenvalue weighted by Gasteiger charge is 2.27. The van der Waals surface area contributed by atoms with E-state index in [1.165, 1.54) is 4.88 Å². The van der Waals surface area contributed by atoms with Crippen LogP contribution in [0.25, 0.3) is 0 Å². The van der Waals surface area contributed by atoms with Crippen LogP contribution in [0.5, 0.6) is 0 Å². The number of hydrogen-bond acceptors (Lipinski definition) is 5. The molecule has 0 saturated carbocycles. The number of ether oxygens (including phenoxy) is 1. The SMILES string of the molecule is Cc1ncsc1CNCC1(N)CCOCC1. The Labute approximate surface area is 100 Å². The molecule has 1 aliphatic heterocycles. The van der Waals surface area contributed by atoms with Gasteiger partial charge in [0.05, 0.1) is 11.2 Å². The van der Waals surface area contributed by atoms with Crippen molar-refractivity contribution in [2.75, 3.05) is 19.8 Å². The van der Waals surface area contributed by atoms with E-state index in [1.54, 1.807) is 11.3 Å². The van der Waals surface area contributed by atoms with Crippen LogP contribution in [-0.4, -0.2) is 30.3 Å². The van der Waals surface area contributed by atoms with Gasteiger partial charge in [0.1, 0.15) is 0 Å². The molecule has 1 aromatic heterocycles. The Morgan fingerprint density at radius 3 is 2.94 bits per heavy atom. The summed E-state index contributed by atoms with van der Waals surface area (Å²) in [5.74, 6) is 0. The molecular formula is C11H19N3OS. The van der Waals surface area contributed by atoms with E-state index < -0.39 is 0 Å². The Morgan fingerprint density at radius 2 is 2.31 bits per heavy atom. The zero-order valence-electron chi connectivity index (χ0n) is 9.66. The maximum Gasteiger partial charge on any atom is 0.0798 e. The molecule has 5 heteroatoms. The minimum atomic E-state index is -0.0865. The standard InChI is InChI=1S/C11H19N3OS/c1-9-10(16-8-14-9)6-13-7-11(12)2-4-15-5-3-11/h8,13H,2-7,12H2,1H3. The fourth-order valence-electron chi connectivity index (χ4n) is 1.88. The van der Waals surface area contributed by atoms with Crippen LogP contribution in [0.3, 0.4) is 0 Å². The van der Waals surface area contributed by atoms with Gasteiger partial charge in [-0.3, -0.25) is 0 Å². The van der Waals surface area contributed by atoms with Gasteiger partial charge >= 0.3 is 0 Å². The molecule has 16 heavy (non-hydrogen) atoms. The number of aromatic nitrogens is 1. The lowest BCUT2D eigenvalue weighted by molar-refractivity contribution is 0.0531. The van der Waals surface area contributed by atoms with Crippen molar-refractivity contribution in [3.63, 3.8) is 0 Å². The third kappa shape index (κ3) is 3.01. The average Bonchev–Trinajstić information content (AvgIpc) is 2.65. The number of thiazole rings is 1. The Bertz CT molecular complexity index is 334. The molecule has 4 nitrogen and oxygen atoms in total. The molecule has 3 N–H and O–H groups in total. The molecule has 1 fully saturated rings. The average molecular weight is 241 g/mol. The number of nitrogens with zero attached hydrogens (tertiary/aromatic N) is 1.